The first-order valence-electron chi connectivity index (χ1n) is 7.79. The van der Waals surface area contributed by atoms with E-state index in [0.717, 1.165) is 30.0 Å². The van der Waals surface area contributed by atoms with Gasteiger partial charge in [0.15, 0.2) is 0 Å². The monoisotopic (exact) mass is 364 g/mol. The molecule has 2 aromatic rings. The third-order valence-electron chi connectivity index (χ3n) is 3.92. The topological polar surface area (TPSA) is 41.6 Å². The first-order valence-corrected chi connectivity index (χ1v) is 8.55. The Balaban J connectivity index is 1.89. The van der Waals surface area contributed by atoms with E-state index in [2.05, 4.69) is 5.32 Å². The first-order chi connectivity index (χ1) is 11.6. The maximum atomic E-state index is 11.9. The van der Waals surface area contributed by atoms with Crippen molar-refractivity contribution in [1.82, 2.24) is 5.32 Å². The molecule has 1 saturated heterocycles. The van der Waals surface area contributed by atoms with E-state index in [4.69, 9.17) is 27.9 Å². The predicted molar refractivity (Wildman–Crippen MR) is 97.3 cm³/mol. The Morgan fingerprint density at radius 3 is 2.67 bits per heavy atom. The minimum Gasteiger partial charge on any atom is -0.457 e. The Morgan fingerprint density at radius 1 is 1.17 bits per heavy atom. The Labute approximate surface area is 151 Å². The van der Waals surface area contributed by atoms with Crippen LogP contribution < -0.4 is 15.0 Å². The zero-order valence-corrected chi connectivity index (χ0v) is 14.8. The highest BCUT2D eigenvalue weighted by atomic mass is 35.5. The van der Waals surface area contributed by atoms with Crippen molar-refractivity contribution >= 4 is 34.8 Å². The molecule has 1 aliphatic heterocycles. The summed E-state index contributed by atoms with van der Waals surface area (Å²) in [6, 6.07) is 11.0. The highest BCUT2D eigenvalue weighted by molar-refractivity contribution is 6.42. The highest BCUT2D eigenvalue weighted by Crippen LogP contribution is 2.33. The van der Waals surface area contributed by atoms with Crippen LogP contribution >= 0.6 is 23.2 Å². The summed E-state index contributed by atoms with van der Waals surface area (Å²) in [6.07, 6.45) is 1.52. The minimum atomic E-state index is 0.170. The Hall–Kier alpha value is -1.75. The molecule has 4 nitrogen and oxygen atoms in total. The van der Waals surface area contributed by atoms with Crippen LogP contribution in [-0.2, 0) is 11.3 Å². The van der Waals surface area contributed by atoms with E-state index < -0.39 is 0 Å². The smallest absolute Gasteiger partial charge is 0.227 e. The van der Waals surface area contributed by atoms with Crippen LogP contribution in [0, 0.1) is 0 Å². The molecule has 0 aliphatic carbocycles. The Bertz CT molecular complexity index is 765. The van der Waals surface area contributed by atoms with Crippen molar-refractivity contribution in [3.8, 4) is 11.5 Å². The van der Waals surface area contributed by atoms with Crippen LogP contribution in [-0.4, -0.2) is 19.5 Å². The van der Waals surface area contributed by atoms with Crippen molar-refractivity contribution in [2.45, 2.75) is 19.4 Å². The van der Waals surface area contributed by atoms with Crippen molar-refractivity contribution in [3.05, 3.63) is 52.0 Å². The third kappa shape index (κ3) is 3.66. The van der Waals surface area contributed by atoms with Crippen molar-refractivity contribution in [3.63, 3.8) is 0 Å². The van der Waals surface area contributed by atoms with Gasteiger partial charge in [0.25, 0.3) is 0 Å². The molecule has 0 saturated carbocycles. The highest BCUT2D eigenvalue weighted by Gasteiger charge is 2.22. The lowest BCUT2D eigenvalue weighted by atomic mass is 10.1. The van der Waals surface area contributed by atoms with Crippen LogP contribution in [0.15, 0.2) is 36.4 Å². The molecular formula is C18H18Cl2N2O2. The van der Waals surface area contributed by atoms with Gasteiger partial charge in [0, 0.05) is 36.8 Å². The van der Waals surface area contributed by atoms with Gasteiger partial charge in [0.05, 0.1) is 10.0 Å². The van der Waals surface area contributed by atoms with Crippen LogP contribution in [0.25, 0.3) is 0 Å². The second kappa shape index (κ2) is 7.43. The van der Waals surface area contributed by atoms with Crippen molar-refractivity contribution < 1.29 is 9.53 Å². The number of nitrogens with zero attached hydrogens (tertiary/aromatic N) is 1. The van der Waals surface area contributed by atoms with Gasteiger partial charge < -0.3 is 15.0 Å². The fraction of sp³-hybridized carbons (Fsp3) is 0.278. The molecular weight excluding hydrogens is 347 g/mol. The van der Waals surface area contributed by atoms with E-state index in [1.807, 2.05) is 30.1 Å². The number of amides is 1. The molecule has 1 fully saturated rings. The average Bonchev–Trinajstić information content (AvgIpc) is 2.99. The zero-order chi connectivity index (χ0) is 17.1. The van der Waals surface area contributed by atoms with E-state index in [9.17, 15) is 4.79 Å². The number of nitrogens with one attached hydrogen (secondary N) is 1. The number of benzene rings is 2. The van der Waals surface area contributed by atoms with Crippen molar-refractivity contribution in [2.75, 3.05) is 18.5 Å². The van der Waals surface area contributed by atoms with E-state index in [1.54, 1.807) is 18.2 Å². The Morgan fingerprint density at radius 2 is 2.00 bits per heavy atom. The fourth-order valence-electron chi connectivity index (χ4n) is 2.75. The summed E-state index contributed by atoms with van der Waals surface area (Å²) in [5.41, 5.74) is 1.88. The summed E-state index contributed by atoms with van der Waals surface area (Å²) >= 11 is 12.0. The number of hydrogen-bond donors (Lipinski definition) is 1. The molecule has 3 rings (SSSR count). The van der Waals surface area contributed by atoms with Crippen LogP contribution in [0.5, 0.6) is 11.5 Å². The van der Waals surface area contributed by atoms with Gasteiger partial charge in [0.1, 0.15) is 11.5 Å². The molecule has 0 radical (unpaired) electrons. The normalized spacial score (nSPS) is 14.3. The van der Waals surface area contributed by atoms with E-state index in [-0.39, 0.29) is 5.91 Å². The summed E-state index contributed by atoms with van der Waals surface area (Å²) in [6.45, 7) is 1.40. The van der Waals surface area contributed by atoms with E-state index in [1.165, 1.54) is 0 Å². The molecule has 24 heavy (non-hydrogen) atoms. The number of anilines is 1. The molecule has 2 aromatic carbocycles. The second-order valence-corrected chi connectivity index (χ2v) is 6.46. The summed E-state index contributed by atoms with van der Waals surface area (Å²) in [7, 11) is 1.87. The number of rotatable bonds is 5. The molecule has 126 valence electrons. The summed E-state index contributed by atoms with van der Waals surface area (Å²) in [4.78, 5) is 13.8. The molecule has 1 aliphatic rings. The third-order valence-corrected chi connectivity index (χ3v) is 4.65. The van der Waals surface area contributed by atoms with Crippen LogP contribution in [0.2, 0.25) is 10.0 Å². The van der Waals surface area contributed by atoms with Crippen molar-refractivity contribution in [1.29, 1.82) is 0 Å². The zero-order valence-electron chi connectivity index (χ0n) is 13.3. The number of halogens is 2. The van der Waals surface area contributed by atoms with Crippen LogP contribution in [0.1, 0.15) is 18.4 Å². The number of carbonyl (C=O) groups excluding carboxylic acids is 1. The van der Waals surface area contributed by atoms with Crippen LogP contribution in [0.3, 0.4) is 0 Å². The molecule has 1 amide bonds. The molecule has 0 spiro atoms. The largest absolute Gasteiger partial charge is 0.457 e. The maximum Gasteiger partial charge on any atom is 0.227 e. The SMILES string of the molecule is CNCc1cc(N2CCCC2=O)ccc1Oc1ccc(Cl)c(Cl)c1. The molecule has 0 bridgehead atoms. The molecule has 0 unspecified atom stereocenters. The van der Waals surface area contributed by atoms with Gasteiger partial charge in [0.2, 0.25) is 5.91 Å². The average molecular weight is 365 g/mol. The number of ether oxygens (including phenoxy) is 1. The fourth-order valence-corrected chi connectivity index (χ4v) is 3.04. The standard InChI is InChI=1S/C18H18Cl2N2O2/c1-21-11-12-9-13(22-8-2-3-18(22)23)4-7-17(12)24-14-5-6-15(19)16(20)10-14/h4-7,9-10,21H,2-3,8,11H2,1H3. The predicted octanol–water partition coefficient (Wildman–Crippen LogP) is 4.63. The molecule has 0 atom stereocenters. The molecule has 0 aromatic heterocycles. The van der Waals surface area contributed by atoms with Gasteiger partial charge in [-0.25, -0.2) is 0 Å². The van der Waals surface area contributed by atoms with E-state index >= 15 is 0 Å². The van der Waals surface area contributed by atoms with Gasteiger partial charge in [-0.05, 0) is 43.8 Å². The van der Waals surface area contributed by atoms with Gasteiger partial charge in [-0.15, -0.1) is 0 Å². The summed E-state index contributed by atoms with van der Waals surface area (Å²) < 4.78 is 5.96. The van der Waals surface area contributed by atoms with Gasteiger partial charge in [-0.2, -0.15) is 0 Å². The number of hydrogen-bond acceptors (Lipinski definition) is 3. The quantitative estimate of drug-likeness (QED) is 0.840. The second-order valence-electron chi connectivity index (χ2n) is 5.65. The molecule has 6 heteroatoms. The van der Waals surface area contributed by atoms with Crippen LogP contribution in [0.4, 0.5) is 5.69 Å². The van der Waals surface area contributed by atoms with Crippen molar-refractivity contribution in [2.24, 2.45) is 0 Å². The minimum absolute atomic E-state index is 0.170. The number of carbonyl (C=O) groups is 1. The van der Waals surface area contributed by atoms with Gasteiger partial charge in [-0.3, -0.25) is 4.79 Å². The summed E-state index contributed by atoms with van der Waals surface area (Å²) in [5.74, 6) is 1.51. The summed E-state index contributed by atoms with van der Waals surface area (Å²) in [5, 5.41) is 4.07. The lowest BCUT2D eigenvalue weighted by Gasteiger charge is -2.19. The lowest BCUT2D eigenvalue weighted by Crippen LogP contribution is -2.23. The lowest BCUT2D eigenvalue weighted by molar-refractivity contribution is -0.117. The molecule has 1 heterocycles. The van der Waals surface area contributed by atoms with E-state index in [0.29, 0.717) is 28.8 Å². The first kappa shape index (κ1) is 17.1. The Kier molecular flexibility index (Phi) is 5.29. The maximum absolute atomic E-state index is 11.9. The van der Waals surface area contributed by atoms with Gasteiger partial charge in [-0.1, -0.05) is 23.2 Å². The molecule has 1 N–H and O–H groups in total. The van der Waals surface area contributed by atoms with Gasteiger partial charge >= 0.3 is 0 Å².